The largest absolute Gasteiger partial charge is 0.481 e. The zero-order valence-corrected chi connectivity index (χ0v) is 10.8. The summed E-state index contributed by atoms with van der Waals surface area (Å²) in [7, 11) is 0. The highest BCUT2D eigenvalue weighted by Gasteiger charge is 2.16. The van der Waals surface area contributed by atoms with E-state index in [1.165, 1.54) is 5.56 Å². The molecule has 0 saturated heterocycles. The van der Waals surface area contributed by atoms with Gasteiger partial charge in [0, 0.05) is 18.8 Å². The number of hydrogen-bond acceptors (Lipinski definition) is 2. The summed E-state index contributed by atoms with van der Waals surface area (Å²) < 4.78 is 0. The van der Waals surface area contributed by atoms with Crippen molar-refractivity contribution in [1.82, 2.24) is 0 Å². The Hall–Kier alpha value is -1.51. The smallest absolute Gasteiger partial charge is 0.308 e. The molecule has 1 unspecified atom stereocenters. The van der Waals surface area contributed by atoms with E-state index < -0.39 is 5.97 Å². The standard InChI is InChI=1S/C14H21NO2/c1-4-9-15(10-12(3)14(16)17)13-8-6-5-7-11(13)2/h5-8,12H,4,9-10H2,1-3H3,(H,16,17). The third kappa shape index (κ3) is 3.77. The van der Waals surface area contributed by atoms with Crippen molar-refractivity contribution < 1.29 is 9.90 Å². The maximum Gasteiger partial charge on any atom is 0.308 e. The van der Waals surface area contributed by atoms with Gasteiger partial charge in [0.05, 0.1) is 5.92 Å². The Morgan fingerprint density at radius 3 is 2.59 bits per heavy atom. The van der Waals surface area contributed by atoms with Crippen LogP contribution in [0.15, 0.2) is 24.3 Å². The first-order valence-corrected chi connectivity index (χ1v) is 6.09. The maximum atomic E-state index is 10.9. The van der Waals surface area contributed by atoms with Gasteiger partial charge in [-0.15, -0.1) is 0 Å². The molecule has 0 fully saturated rings. The fourth-order valence-electron chi connectivity index (χ4n) is 1.91. The normalized spacial score (nSPS) is 12.2. The zero-order chi connectivity index (χ0) is 12.8. The Morgan fingerprint density at radius 2 is 2.06 bits per heavy atom. The maximum absolute atomic E-state index is 10.9. The summed E-state index contributed by atoms with van der Waals surface area (Å²) in [6, 6.07) is 8.11. The van der Waals surface area contributed by atoms with Crippen LogP contribution in [0.3, 0.4) is 0 Å². The van der Waals surface area contributed by atoms with Crippen LogP contribution in [0.2, 0.25) is 0 Å². The van der Waals surface area contributed by atoms with Gasteiger partial charge in [0.2, 0.25) is 0 Å². The Morgan fingerprint density at radius 1 is 1.41 bits per heavy atom. The summed E-state index contributed by atoms with van der Waals surface area (Å²) in [6.07, 6.45) is 1.01. The number of hydrogen-bond donors (Lipinski definition) is 1. The van der Waals surface area contributed by atoms with Crippen LogP contribution in [0.1, 0.15) is 25.8 Å². The monoisotopic (exact) mass is 235 g/mol. The topological polar surface area (TPSA) is 40.5 Å². The first-order valence-electron chi connectivity index (χ1n) is 6.09. The number of aliphatic carboxylic acids is 1. The minimum atomic E-state index is -0.736. The van der Waals surface area contributed by atoms with Crippen molar-refractivity contribution in [3.63, 3.8) is 0 Å². The fraction of sp³-hybridized carbons (Fsp3) is 0.500. The van der Waals surface area contributed by atoms with E-state index in [1.807, 2.05) is 12.1 Å². The number of para-hydroxylation sites is 1. The van der Waals surface area contributed by atoms with Gasteiger partial charge >= 0.3 is 5.97 Å². The van der Waals surface area contributed by atoms with E-state index in [9.17, 15) is 4.79 Å². The fourth-order valence-corrected chi connectivity index (χ4v) is 1.91. The van der Waals surface area contributed by atoms with Crippen LogP contribution in [0.5, 0.6) is 0 Å². The number of nitrogens with zero attached hydrogens (tertiary/aromatic N) is 1. The average Bonchev–Trinajstić information content (AvgIpc) is 2.29. The summed E-state index contributed by atoms with van der Waals surface area (Å²) in [5.41, 5.74) is 2.33. The molecule has 0 radical (unpaired) electrons. The molecule has 0 amide bonds. The van der Waals surface area contributed by atoms with Gasteiger partial charge < -0.3 is 10.0 Å². The number of aryl methyl sites for hydroxylation is 1. The molecule has 0 bridgehead atoms. The van der Waals surface area contributed by atoms with E-state index in [1.54, 1.807) is 6.92 Å². The molecule has 0 aliphatic heterocycles. The highest BCUT2D eigenvalue weighted by atomic mass is 16.4. The predicted octanol–water partition coefficient (Wildman–Crippen LogP) is 2.93. The zero-order valence-electron chi connectivity index (χ0n) is 10.8. The SMILES string of the molecule is CCCN(CC(C)C(=O)O)c1ccccc1C. The molecular formula is C14H21NO2. The Labute approximate surface area is 103 Å². The Balaban J connectivity index is 2.86. The van der Waals surface area contributed by atoms with E-state index in [4.69, 9.17) is 5.11 Å². The van der Waals surface area contributed by atoms with Crippen molar-refractivity contribution in [3.05, 3.63) is 29.8 Å². The van der Waals surface area contributed by atoms with Gasteiger partial charge in [0.15, 0.2) is 0 Å². The molecule has 0 saturated carbocycles. The van der Waals surface area contributed by atoms with Crippen molar-refractivity contribution in [1.29, 1.82) is 0 Å². The minimum absolute atomic E-state index is 0.346. The number of anilines is 1. The molecule has 1 aromatic rings. The number of carboxylic acids is 1. The summed E-state index contributed by atoms with van der Waals surface area (Å²) in [5.74, 6) is -1.08. The van der Waals surface area contributed by atoms with Crippen LogP contribution in [0.4, 0.5) is 5.69 Å². The molecule has 3 heteroatoms. The van der Waals surface area contributed by atoms with E-state index in [0.29, 0.717) is 6.54 Å². The third-order valence-electron chi connectivity index (χ3n) is 2.87. The molecule has 0 aromatic heterocycles. The summed E-state index contributed by atoms with van der Waals surface area (Å²) in [5, 5.41) is 8.99. The molecule has 1 N–H and O–H groups in total. The van der Waals surface area contributed by atoms with Crippen LogP contribution in [0.25, 0.3) is 0 Å². The molecule has 3 nitrogen and oxygen atoms in total. The highest BCUT2D eigenvalue weighted by Crippen LogP contribution is 2.20. The summed E-state index contributed by atoms with van der Waals surface area (Å²) in [6.45, 7) is 7.37. The number of benzene rings is 1. The molecule has 1 atom stereocenters. The van der Waals surface area contributed by atoms with Gasteiger partial charge in [-0.05, 0) is 25.0 Å². The Bertz CT molecular complexity index is 376. The van der Waals surface area contributed by atoms with Crippen LogP contribution >= 0.6 is 0 Å². The van der Waals surface area contributed by atoms with E-state index in [2.05, 4.69) is 30.9 Å². The van der Waals surface area contributed by atoms with Crippen LogP contribution in [0, 0.1) is 12.8 Å². The van der Waals surface area contributed by atoms with Crippen LogP contribution < -0.4 is 4.90 Å². The number of rotatable bonds is 6. The number of carbonyl (C=O) groups is 1. The van der Waals surface area contributed by atoms with Gasteiger partial charge in [0.1, 0.15) is 0 Å². The highest BCUT2D eigenvalue weighted by molar-refractivity contribution is 5.70. The molecule has 0 spiro atoms. The lowest BCUT2D eigenvalue weighted by Crippen LogP contribution is -2.32. The van der Waals surface area contributed by atoms with E-state index in [-0.39, 0.29) is 5.92 Å². The Kier molecular flexibility index (Phi) is 5.01. The van der Waals surface area contributed by atoms with E-state index in [0.717, 1.165) is 18.7 Å². The van der Waals surface area contributed by atoms with Crippen molar-refractivity contribution in [3.8, 4) is 0 Å². The van der Waals surface area contributed by atoms with Crippen LogP contribution in [-0.4, -0.2) is 24.2 Å². The summed E-state index contributed by atoms with van der Waals surface area (Å²) in [4.78, 5) is 13.1. The second-order valence-electron chi connectivity index (χ2n) is 4.47. The second-order valence-corrected chi connectivity index (χ2v) is 4.47. The van der Waals surface area contributed by atoms with Gasteiger partial charge in [-0.3, -0.25) is 4.79 Å². The second kappa shape index (κ2) is 6.28. The van der Waals surface area contributed by atoms with Gasteiger partial charge in [-0.1, -0.05) is 32.0 Å². The van der Waals surface area contributed by atoms with Crippen molar-refractivity contribution >= 4 is 11.7 Å². The van der Waals surface area contributed by atoms with Crippen molar-refractivity contribution in [2.45, 2.75) is 27.2 Å². The molecule has 1 rings (SSSR count). The van der Waals surface area contributed by atoms with Crippen molar-refractivity contribution in [2.75, 3.05) is 18.0 Å². The lowest BCUT2D eigenvalue weighted by atomic mass is 10.1. The predicted molar refractivity (Wildman–Crippen MR) is 70.5 cm³/mol. The van der Waals surface area contributed by atoms with Gasteiger partial charge in [-0.25, -0.2) is 0 Å². The minimum Gasteiger partial charge on any atom is -0.481 e. The summed E-state index contributed by atoms with van der Waals surface area (Å²) >= 11 is 0. The molecule has 0 aliphatic rings. The third-order valence-corrected chi connectivity index (χ3v) is 2.87. The molecule has 0 heterocycles. The molecule has 0 aliphatic carbocycles. The lowest BCUT2D eigenvalue weighted by Gasteiger charge is -2.27. The average molecular weight is 235 g/mol. The van der Waals surface area contributed by atoms with Crippen LogP contribution in [-0.2, 0) is 4.79 Å². The number of carboxylic acid groups (broad SMARTS) is 1. The quantitative estimate of drug-likeness (QED) is 0.824. The van der Waals surface area contributed by atoms with Gasteiger partial charge in [-0.2, -0.15) is 0 Å². The molecule has 1 aromatic carbocycles. The van der Waals surface area contributed by atoms with Gasteiger partial charge in [0.25, 0.3) is 0 Å². The molecule has 94 valence electrons. The van der Waals surface area contributed by atoms with E-state index >= 15 is 0 Å². The first-order chi connectivity index (χ1) is 8.06. The van der Waals surface area contributed by atoms with Crippen molar-refractivity contribution in [2.24, 2.45) is 5.92 Å². The molecular weight excluding hydrogens is 214 g/mol. The first kappa shape index (κ1) is 13.6. The lowest BCUT2D eigenvalue weighted by molar-refractivity contribution is -0.140. The molecule has 17 heavy (non-hydrogen) atoms.